The van der Waals surface area contributed by atoms with Crippen molar-refractivity contribution in [2.45, 2.75) is 13.3 Å². The molecule has 3 aromatic rings. The molecule has 0 spiro atoms. The molecule has 1 aromatic carbocycles. The van der Waals surface area contributed by atoms with Crippen LogP contribution in [0.25, 0.3) is 16.9 Å². The first-order valence-electron chi connectivity index (χ1n) is 7.14. The highest BCUT2D eigenvalue weighted by Crippen LogP contribution is 2.28. The molecule has 2 heterocycles. The molecule has 0 amide bonds. The fraction of sp³-hybridized carbons (Fsp3) is 0.235. The molecule has 21 heavy (non-hydrogen) atoms. The van der Waals surface area contributed by atoms with Crippen molar-refractivity contribution >= 4 is 17.2 Å². The number of aromatic nitrogens is 2. The maximum absolute atomic E-state index is 6.29. The number of benzene rings is 1. The number of hydrogen-bond donors (Lipinski definition) is 1. The molecule has 2 N–H and O–H groups in total. The predicted molar refractivity (Wildman–Crippen MR) is 88.7 cm³/mol. The summed E-state index contributed by atoms with van der Waals surface area (Å²) < 4.78 is 1.94. The number of nitrogens with zero attached hydrogens (tertiary/aromatic N) is 3. The Morgan fingerprint density at radius 2 is 1.81 bits per heavy atom. The SMILES string of the molecule is CCc1ccc(-c2nc3ccc(N(C)C)cn3c2N)cc1. The molecule has 108 valence electrons. The summed E-state index contributed by atoms with van der Waals surface area (Å²) in [7, 11) is 4.03. The van der Waals surface area contributed by atoms with Crippen molar-refractivity contribution in [2.24, 2.45) is 0 Å². The summed E-state index contributed by atoms with van der Waals surface area (Å²) in [5, 5.41) is 0. The normalized spacial score (nSPS) is 11.0. The van der Waals surface area contributed by atoms with E-state index in [4.69, 9.17) is 5.73 Å². The van der Waals surface area contributed by atoms with Gasteiger partial charge in [-0.15, -0.1) is 0 Å². The van der Waals surface area contributed by atoms with Crippen LogP contribution in [0.5, 0.6) is 0 Å². The van der Waals surface area contributed by atoms with Crippen molar-refractivity contribution in [3.8, 4) is 11.3 Å². The van der Waals surface area contributed by atoms with Crippen LogP contribution in [0.2, 0.25) is 0 Å². The Morgan fingerprint density at radius 1 is 1.10 bits per heavy atom. The zero-order valence-corrected chi connectivity index (χ0v) is 12.7. The summed E-state index contributed by atoms with van der Waals surface area (Å²) >= 11 is 0. The Balaban J connectivity index is 2.12. The molecule has 0 atom stereocenters. The van der Waals surface area contributed by atoms with Crippen LogP contribution in [0.1, 0.15) is 12.5 Å². The van der Waals surface area contributed by atoms with Crippen LogP contribution in [-0.4, -0.2) is 23.5 Å². The van der Waals surface area contributed by atoms with E-state index >= 15 is 0 Å². The molecule has 0 aliphatic carbocycles. The molecule has 3 rings (SSSR count). The molecule has 0 saturated heterocycles. The van der Waals surface area contributed by atoms with E-state index in [1.54, 1.807) is 0 Å². The van der Waals surface area contributed by atoms with Crippen molar-refractivity contribution in [1.29, 1.82) is 0 Å². The average molecular weight is 280 g/mol. The minimum absolute atomic E-state index is 0.679. The highest BCUT2D eigenvalue weighted by molar-refractivity contribution is 5.75. The Morgan fingerprint density at radius 3 is 2.43 bits per heavy atom. The van der Waals surface area contributed by atoms with Crippen LogP contribution in [-0.2, 0) is 6.42 Å². The van der Waals surface area contributed by atoms with E-state index in [2.05, 4.69) is 41.1 Å². The van der Waals surface area contributed by atoms with Gasteiger partial charge in [0.25, 0.3) is 0 Å². The number of nitrogen functional groups attached to an aromatic ring is 1. The molecule has 0 bridgehead atoms. The number of imidazole rings is 1. The second kappa shape index (κ2) is 5.13. The van der Waals surface area contributed by atoms with Crippen molar-refractivity contribution < 1.29 is 0 Å². The molecule has 0 aliphatic heterocycles. The number of aryl methyl sites for hydroxylation is 1. The molecular weight excluding hydrogens is 260 g/mol. The fourth-order valence-corrected chi connectivity index (χ4v) is 2.43. The largest absolute Gasteiger partial charge is 0.383 e. The van der Waals surface area contributed by atoms with Gasteiger partial charge in [-0.2, -0.15) is 0 Å². The minimum atomic E-state index is 0.679. The first kappa shape index (κ1) is 13.5. The minimum Gasteiger partial charge on any atom is -0.383 e. The molecule has 0 unspecified atom stereocenters. The molecule has 4 nitrogen and oxygen atoms in total. The van der Waals surface area contributed by atoms with Crippen LogP contribution in [0.15, 0.2) is 42.6 Å². The van der Waals surface area contributed by atoms with E-state index < -0.39 is 0 Å². The summed E-state index contributed by atoms with van der Waals surface area (Å²) in [6, 6.07) is 12.5. The van der Waals surface area contributed by atoms with Gasteiger partial charge in [-0.1, -0.05) is 31.2 Å². The second-order valence-corrected chi connectivity index (χ2v) is 5.41. The van der Waals surface area contributed by atoms with Crippen LogP contribution in [0.4, 0.5) is 11.5 Å². The number of pyridine rings is 1. The number of nitrogens with two attached hydrogens (primary N) is 1. The predicted octanol–water partition coefficient (Wildman–Crippen LogP) is 3.21. The Kier molecular flexibility index (Phi) is 3.29. The molecule has 4 heteroatoms. The third kappa shape index (κ3) is 2.33. The standard InChI is InChI=1S/C17H20N4/c1-4-12-5-7-13(8-6-12)16-17(18)21-11-14(20(2)3)9-10-15(21)19-16/h5-11H,4,18H2,1-3H3. The van der Waals surface area contributed by atoms with E-state index in [0.29, 0.717) is 5.82 Å². The van der Waals surface area contributed by atoms with Gasteiger partial charge in [0.05, 0.1) is 5.69 Å². The highest BCUT2D eigenvalue weighted by Gasteiger charge is 2.12. The topological polar surface area (TPSA) is 46.6 Å². The van der Waals surface area contributed by atoms with Gasteiger partial charge in [-0.05, 0) is 24.1 Å². The van der Waals surface area contributed by atoms with Gasteiger partial charge in [-0.25, -0.2) is 4.98 Å². The Bertz CT molecular complexity index is 769. The maximum atomic E-state index is 6.29. The Hall–Kier alpha value is -2.49. The van der Waals surface area contributed by atoms with E-state index in [-0.39, 0.29) is 0 Å². The number of hydrogen-bond acceptors (Lipinski definition) is 3. The third-order valence-corrected chi connectivity index (χ3v) is 3.79. The third-order valence-electron chi connectivity index (χ3n) is 3.79. The summed E-state index contributed by atoms with van der Waals surface area (Å²) in [5.41, 5.74) is 11.5. The zero-order valence-electron chi connectivity index (χ0n) is 12.7. The lowest BCUT2D eigenvalue weighted by Crippen LogP contribution is -2.09. The van der Waals surface area contributed by atoms with Gasteiger partial charge in [0.1, 0.15) is 17.2 Å². The summed E-state index contributed by atoms with van der Waals surface area (Å²) in [6.07, 6.45) is 3.05. The van der Waals surface area contributed by atoms with Crippen LogP contribution < -0.4 is 10.6 Å². The zero-order chi connectivity index (χ0) is 15.0. The van der Waals surface area contributed by atoms with Gasteiger partial charge in [0.2, 0.25) is 0 Å². The van der Waals surface area contributed by atoms with Gasteiger partial charge < -0.3 is 10.6 Å². The summed E-state index contributed by atoms with van der Waals surface area (Å²) in [6.45, 7) is 2.15. The first-order chi connectivity index (χ1) is 10.1. The lowest BCUT2D eigenvalue weighted by atomic mass is 10.1. The second-order valence-electron chi connectivity index (χ2n) is 5.41. The molecule has 0 saturated carbocycles. The van der Waals surface area contributed by atoms with Gasteiger partial charge >= 0.3 is 0 Å². The summed E-state index contributed by atoms with van der Waals surface area (Å²) in [4.78, 5) is 6.71. The molecule has 0 fully saturated rings. The number of rotatable bonds is 3. The van der Waals surface area contributed by atoms with E-state index in [0.717, 1.165) is 29.0 Å². The van der Waals surface area contributed by atoms with Crippen molar-refractivity contribution in [1.82, 2.24) is 9.38 Å². The van der Waals surface area contributed by atoms with E-state index in [1.807, 2.05) is 36.8 Å². The molecule has 0 aliphatic rings. The smallest absolute Gasteiger partial charge is 0.139 e. The van der Waals surface area contributed by atoms with Crippen LogP contribution in [0, 0.1) is 0 Å². The lowest BCUT2D eigenvalue weighted by molar-refractivity contribution is 1.09. The Labute approximate surface area is 124 Å². The summed E-state index contributed by atoms with van der Waals surface area (Å²) in [5.74, 6) is 0.679. The fourth-order valence-electron chi connectivity index (χ4n) is 2.43. The van der Waals surface area contributed by atoms with Gasteiger partial charge in [0.15, 0.2) is 0 Å². The van der Waals surface area contributed by atoms with Crippen LogP contribution in [0.3, 0.4) is 0 Å². The monoisotopic (exact) mass is 280 g/mol. The van der Waals surface area contributed by atoms with Crippen molar-refractivity contribution in [3.05, 3.63) is 48.2 Å². The van der Waals surface area contributed by atoms with E-state index in [9.17, 15) is 0 Å². The van der Waals surface area contributed by atoms with Gasteiger partial charge in [0, 0.05) is 25.9 Å². The quantitative estimate of drug-likeness (QED) is 0.801. The number of fused-ring (bicyclic) bond motifs is 1. The first-order valence-corrected chi connectivity index (χ1v) is 7.14. The highest BCUT2D eigenvalue weighted by atomic mass is 15.1. The van der Waals surface area contributed by atoms with Gasteiger partial charge in [-0.3, -0.25) is 4.40 Å². The van der Waals surface area contributed by atoms with Crippen molar-refractivity contribution in [3.63, 3.8) is 0 Å². The molecule has 2 aromatic heterocycles. The number of anilines is 2. The van der Waals surface area contributed by atoms with E-state index in [1.165, 1.54) is 5.56 Å². The lowest BCUT2D eigenvalue weighted by Gasteiger charge is -2.12. The average Bonchev–Trinajstić information content (AvgIpc) is 2.84. The van der Waals surface area contributed by atoms with Crippen LogP contribution >= 0.6 is 0 Å². The molecule has 0 radical (unpaired) electrons. The molecular formula is C17H20N4. The maximum Gasteiger partial charge on any atom is 0.139 e. The van der Waals surface area contributed by atoms with Crippen molar-refractivity contribution in [2.75, 3.05) is 24.7 Å².